The number of hydrogen-bond donors (Lipinski definition) is 0. The molecule has 0 atom stereocenters. The van der Waals surface area contributed by atoms with Gasteiger partial charge in [-0.15, -0.1) is 0 Å². The highest BCUT2D eigenvalue weighted by Gasteiger charge is 2.28. The fourth-order valence-electron chi connectivity index (χ4n) is 2.49. The van der Waals surface area contributed by atoms with Gasteiger partial charge in [0.05, 0.1) is 0 Å². The van der Waals surface area contributed by atoms with Crippen molar-refractivity contribution in [1.82, 2.24) is 0 Å². The Bertz CT molecular complexity index is 606. The lowest BCUT2D eigenvalue weighted by Gasteiger charge is -2.33. The zero-order valence-electron chi connectivity index (χ0n) is 13.1. The van der Waals surface area contributed by atoms with Crippen LogP contribution >= 0.6 is 0 Å². The van der Waals surface area contributed by atoms with Crippen molar-refractivity contribution in [1.29, 1.82) is 0 Å². The van der Waals surface area contributed by atoms with Crippen LogP contribution in [0.4, 0.5) is 0 Å². The monoisotopic (exact) mass is 300 g/mol. The Kier molecular flexibility index (Phi) is 4.29. The van der Waals surface area contributed by atoms with E-state index in [0.29, 0.717) is 0 Å². The Balaban J connectivity index is 1.86. The Morgan fingerprint density at radius 2 is 1.77 bits per heavy atom. The molecular weight excluding hydrogens is 278 g/mol. The van der Waals surface area contributed by atoms with E-state index in [1.54, 1.807) is 0 Å². The maximum Gasteiger partial charge on any atom is 0.245 e. The minimum Gasteiger partial charge on any atom is -0.453 e. The third-order valence-corrected chi connectivity index (χ3v) is 3.55. The lowest BCUT2D eigenvalue weighted by Crippen LogP contribution is -2.31. The zero-order valence-corrected chi connectivity index (χ0v) is 13.1. The van der Waals surface area contributed by atoms with E-state index in [9.17, 15) is 0 Å². The summed E-state index contributed by atoms with van der Waals surface area (Å²) in [5.41, 5.74) is 1.05. The van der Waals surface area contributed by atoms with E-state index in [0.717, 1.165) is 43.4 Å². The van der Waals surface area contributed by atoms with Crippen molar-refractivity contribution < 1.29 is 18.8 Å². The van der Waals surface area contributed by atoms with Crippen molar-refractivity contribution in [2.24, 2.45) is 0 Å². The van der Waals surface area contributed by atoms with Crippen molar-refractivity contribution in [3.8, 4) is 0 Å². The second-order valence-corrected chi connectivity index (χ2v) is 5.85. The number of allylic oxidation sites excluding steroid dienone is 2. The second-order valence-electron chi connectivity index (χ2n) is 5.85. The predicted molar refractivity (Wildman–Crippen MR) is 85.6 cm³/mol. The normalized spacial score (nSPS) is 22.5. The van der Waals surface area contributed by atoms with E-state index in [2.05, 4.69) is 10.8 Å². The first-order valence-electron chi connectivity index (χ1n) is 7.64. The molecule has 0 saturated carbocycles. The van der Waals surface area contributed by atoms with Crippen LogP contribution in [0.25, 0.3) is 5.76 Å². The average molecular weight is 300 g/mol. The molecule has 2 aliphatic heterocycles. The topological polar surface area (TPSA) is 30.7 Å². The van der Waals surface area contributed by atoms with Gasteiger partial charge in [0, 0.05) is 31.6 Å². The molecule has 1 fully saturated rings. The molecule has 4 heteroatoms. The van der Waals surface area contributed by atoms with Crippen LogP contribution in [-0.2, 0) is 14.2 Å². The number of rotatable bonds is 2. The number of morpholine rings is 1. The zero-order chi connectivity index (χ0) is 15.4. The summed E-state index contributed by atoms with van der Waals surface area (Å²) in [5.74, 6) is 0.963. The van der Waals surface area contributed by atoms with Crippen LogP contribution in [0.3, 0.4) is 0 Å². The van der Waals surface area contributed by atoms with Gasteiger partial charge >= 0.3 is 0 Å². The summed E-state index contributed by atoms with van der Waals surface area (Å²) in [6.07, 6.45) is 6.01. The summed E-state index contributed by atoms with van der Waals surface area (Å²) >= 11 is 0. The SMILES string of the molecule is CC1(C)OC(c2ccccc2)=C/C(=C/C=[N+]2CCOCC2)O1. The van der Waals surface area contributed by atoms with Crippen molar-refractivity contribution >= 4 is 12.0 Å². The fourth-order valence-corrected chi connectivity index (χ4v) is 2.49. The van der Waals surface area contributed by atoms with E-state index in [1.807, 2.05) is 56.3 Å². The van der Waals surface area contributed by atoms with Crippen molar-refractivity contribution in [3.05, 3.63) is 53.8 Å². The number of nitrogens with zero attached hydrogens (tertiary/aromatic N) is 1. The Labute approximate surface area is 131 Å². The minimum absolute atomic E-state index is 0.676. The molecule has 3 rings (SSSR count). The Hall–Kier alpha value is -2.07. The van der Waals surface area contributed by atoms with E-state index >= 15 is 0 Å². The number of hydrogen-bond acceptors (Lipinski definition) is 3. The number of ether oxygens (including phenoxy) is 3. The van der Waals surface area contributed by atoms with Gasteiger partial charge < -0.3 is 14.2 Å². The highest BCUT2D eigenvalue weighted by molar-refractivity contribution is 5.71. The van der Waals surface area contributed by atoms with Gasteiger partial charge in [-0.3, -0.25) is 0 Å². The van der Waals surface area contributed by atoms with E-state index in [1.165, 1.54) is 0 Å². The highest BCUT2D eigenvalue weighted by atomic mass is 16.7. The van der Waals surface area contributed by atoms with E-state index < -0.39 is 5.79 Å². The van der Waals surface area contributed by atoms with Crippen LogP contribution in [0.5, 0.6) is 0 Å². The number of benzene rings is 1. The van der Waals surface area contributed by atoms with Crippen molar-refractivity contribution in [3.63, 3.8) is 0 Å². The molecule has 0 unspecified atom stereocenters. The summed E-state index contributed by atoms with van der Waals surface area (Å²) in [6, 6.07) is 10.1. The molecule has 116 valence electrons. The largest absolute Gasteiger partial charge is 0.453 e. The average Bonchev–Trinajstić information content (AvgIpc) is 2.53. The first kappa shape index (κ1) is 14.9. The summed E-state index contributed by atoms with van der Waals surface area (Å²) in [4.78, 5) is 0. The van der Waals surface area contributed by atoms with Crippen LogP contribution in [0.1, 0.15) is 19.4 Å². The van der Waals surface area contributed by atoms with Gasteiger partial charge in [0.1, 0.15) is 24.7 Å². The van der Waals surface area contributed by atoms with Crippen LogP contribution in [-0.4, -0.2) is 42.9 Å². The Morgan fingerprint density at radius 1 is 1.05 bits per heavy atom. The molecule has 0 amide bonds. The molecule has 0 spiro atoms. The van der Waals surface area contributed by atoms with Gasteiger partial charge in [-0.1, -0.05) is 30.3 Å². The van der Waals surface area contributed by atoms with Gasteiger partial charge in [-0.2, -0.15) is 0 Å². The Morgan fingerprint density at radius 3 is 2.50 bits per heavy atom. The first-order valence-corrected chi connectivity index (χ1v) is 7.64. The third kappa shape index (κ3) is 3.77. The standard InChI is InChI=1S/C18H22NO3/c1-18(2)21-16(8-9-19-10-12-20-13-11-19)14-17(22-18)15-6-4-3-5-7-15/h3-9,14H,10-13H2,1-2H3/q+1/b16-8-. The molecule has 2 aliphatic rings. The van der Waals surface area contributed by atoms with Crippen molar-refractivity contribution in [2.75, 3.05) is 26.3 Å². The summed E-state index contributed by atoms with van der Waals surface area (Å²) < 4.78 is 19.4. The molecule has 2 heterocycles. The quantitative estimate of drug-likeness (QED) is 0.787. The van der Waals surface area contributed by atoms with Gasteiger partial charge in [0.2, 0.25) is 5.79 Å². The fraction of sp³-hybridized carbons (Fsp3) is 0.389. The molecular formula is C18H22NO3+. The second kappa shape index (κ2) is 6.36. The summed E-state index contributed by atoms with van der Waals surface area (Å²) in [6.45, 7) is 7.23. The molecule has 1 saturated heterocycles. The highest BCUT2D eigenvalue weighted by Crippen LogP contribution is 2.32. The molecule has 22 heavy (non-hydrogen) atoms. The molecule has 1 aromatic rings. The summed E-state index contributed by atoms with van der Waals surface area (Å²) in [5, 5.41) is 0. The molecule has 0 bridgehead atoms. The summed E-state index contributed by atoms with van der Waals surface area (Å²) in [7, 11) is 0. The van der Waals surface area contributed by atoms with Crippen LogP contribution in [0.15, 0.2) is 48.2 Å². The molecule has 0 radical (unpaired) electrons. The van der Waals surface area contributed by atoms with Gasteiger partial charge in [0.15, 0.2) is 19.3 Å². The van der Waals surface area contributed by atoms with Crippen LogP contribution < -0.4 is 0 Å². The molecule has 0 aliphatic carbocycles. The van der Waals surface area contributed by atoms with Crippen molar-refractivity contribution in [2.45, 2.75) is 19.6 Å². The minimum atomic E-state index is -0.676. The van der Waals surface area contributed by atoms with Crippen LogP contribution in [0.2, 0.25) is 0 Å². The molecule has 0 N–H and O–H groups in total. The smallest absolute Gasteiger partial charge is 0.245 e. The maximum atomic E-state index is 5.93. The maximum absolute atomic E-state index is 5.93. The molecule has 0 aromatic heterocycles. The van der Waals surface area contributed by atoms with Gasteiger partial charge in [-0.25, -0.2) is 4.58 Å². The van der Waals surface area contributed by atoms with Crippen LogP contribution in [0, 0.1) is 0 Å². The third-order valence-electron chi connectivity index (χ3n) is 3.55. The van der Waals surface area contributed by atoms with Gasteiger partial charge in [0.25, 0.3) is 0 Å². The molecule has 1 aromatic carbocycles. The van der Waals surface area contributed by atoms with Gasteiger partial charge in [-0.05, 0) is 0 Å². The molecule has 4 nitrogen and oxygen atoms in total. The first-order chi connectivity index (χ1) is 10.6. The van der Waals surface area contributed by atoms with E-state index in [4.69, 9.17) is 14.2 Å². The van der Waals surface area contributed by atoms with E-state index in [-0.39, 0.29) is 0 Å². The lowest BCUT2D eigenvalue weighted by atomic mass is 10.1. The lowest BCUT2D eigenvalue weighted by molar-refractivity contribution is -0.544. The predicted octanol–water partition coefficient (Wildman–Crippen LogP) is 2.81.